The second-order valence-corrected chi connectivity index (χ2v) is 4.57. The maximum atomic E-state index is 12.0. The van der Waals surface area contributed by atoms with Crippen molar-refractivity contribution in [1.82, 2.24) is 10.2 Å². The average molecular weight is 288 g/mol. The molecule has 2 N–H and O–H groups in total. The number of carboxylic acids is 1. The van der Waals surface area contributed by atoms with Gasteiger partial charge in [-0.05, 0) is 12.8 Å². The molecule has 0 saturated carbocycles. The van der Waals surface area contributed by atoms with E-state index in [1.54, 1.807) is 0 Å². The number of hydrogen-bond donors (Lipinski definition) is 2. The largest absolute Gasteiger partial charge is 0.479 e. The molecule has 0 aliphatic carbocycles. The molecule has 0 radical (unpaired) electrons. The van der Waals surface area contributed by atoms with Gasteiger partial charge in [0.05, 0.1) is 13.2 Å². The number of aliphatic carboxylic acids is 1. The van der Waals surface area contributed by atoms with Crippen LogP contribution >= 0.6 is 0 Å². The molecule has 8 heteroatoms. The van der Waals surface area contributed by atoms with Crippen molar-refractivity contribution >= 4 is 17.8 Å². The van der Waals surface area contributed by atoms with Crippen LogP contribution in [0.2, 0.25) is 0 Å². The van der Waals surface area contributed by atoms with Crippen LogP contribution in [0.1, 0.15) is 12.8 Å². The number of nitrogens with one attached hydrogen (secondary N) is 1. The minimum Gasteiger partial charge on any atom is -0.479 e. The van der Waals surface area contributed by atoms with Crippen LogP contribution in [0.5, 0.6) is 0 Å². The first-order valence-electron chi connectivity index (χ1n) is 6.34. The summed E-state index contributed by atoms with van der Waals surface area (Å²) in [5, 5.41) is 11.4. The lowest BCUT2D eigenvalue weighted by molar-refractivity contribution is -0.155. The summed E-state index contributed by atoms with van der Waals surface area (Å²) in [4.78, 5) is 35.5. The first-order valence-corrected chi connectivity index (χ1v) is 6.34. The molecule has 8 nitrogen and oxygen atoms in total. The first-order chi connectivity index (χ1) is 9.45. The standard InChI is InChI=1S/C12H20N2O6/c1-14(7-10(15)13-5-6-19-2)11(16)8-3-4-9(20-8)12(17)18/h8-9H,3-7H2,1-2H3,(H,13,15)(H,17,18). The third-order valence-electron chi connectivity index (χ3n) is 2.96. The van der Waals surface area contributed by atoms with E-state index in [-0.39, 0.29) is 18.4 Å². The van der Waals surface area contributed by atoms with Crippen LogP contribution < -0.4 is 5.32 Å². The molecule has 1 aliphatic heterocycles. The van der Waals surface area contributed by atoms with Gasteiger partial charge in [0.1, 0.15) is 6.10 Å². The van der Waals surface area contributed by atoms with Gasteiger partial charge < -0.3 is 24.8 Å². The highest BCUT2D eigenvalue weighted by Gasteiger charge is 2.36. The van der Waals surface area contributed by atoms with Crippen molar-refractivity contribution in [2.24, 2.45) is 0 Å². The van der Waals surface area contributed by atoms with Gasteiger partial charge in [-0.3, -0.25) is 9.59 Å². The van der Waals surface area contributed by atoms with E-state index in [4.69, 9.17) is 14.6 Å². The average Bonchev–Trinajstić information content (AvgIpc) is 2.87. The van der Waals surface area contributed by atoms with Crippen LogP contribution in [0.3, 0.4) is 0 Å². The number of carbonyl (C=O) groups is 3. The number of rotatable bonds is 7. The second kappa shape index (κ2) is 7.81. The van der Waals surface area contributed by atoms with E-state index in [0.29, 0.717) is 26.0 Å². The van der Waals surface area contributed by atoms with Crippen molar-refractivity contribution in [3.63, 3.8) is 0 Å². The molecule has 1 saturated heterocycles. The van der Waals surface area contributed by atoms with Crippen molar-refractivity contribution in [3.05, 3.63) is 0 Å². The van der Waals surface area contributed by atoms with Gasteiger partial charge in [-0.1, -0.05) is 0 Å². The van der Waals surface area contributed by atoms with Crippen molar-refractivity contribution in [1.29, 1.82) is 0 Å². The van der Waals surface area contributed by atoms with E-state index < -0.39 is 18.2 Å². The van der Waals surface area contributed by atoms with Crippen LogP contribution in [-0.2, 0) is 23.9 Å². The lowest BCUT2D eigenvalue weighted by Crippen LogP contribution is -2.43. The van der Waals surface area contributed by atoms with Gasteiger partial charge in [0.2, 0.25) is 5.91 Å². The fourth-order valence-electron chi connectivity index (χ4n) is 1.89. The number of carbonyl (C=O) groups excluding carboxylic acids is 2. The zero-order chi connectivity index (χ0) is 15.1. The molecule has 2 unspecified atom stereocenters. The summed E-state index contributed by atoms with van der Waals surface area (Å²) in [6, 6.07) is 0. The molecule has 1 aliphatic rings. The minimum absolute atomic E-state index is 0.0971. The summed E-state index contributed by atoms with van der Waals surface area (Å²) in [7, 11) is 3.01. The first kappa shape index (κ1) is 16.4. The van der Waals surface area contributed by atoms with E-state index in [9.17, 15) is 14.4 Å². The number of carboxylic acid groups (broad SMARTS) is 1. The highest BCUT2D eigenvalue weighted by atomic mass is 16.5. The van der Waals surface area contributed by atoms with Crippen LogP contribution in [0.25, 0.3) is 0 Å². The topological polar surface area (TPSA) is 105 Å². The zero-order valence-electron chi connectivity index (χ0n) is 11.6. The van der Waals surface area contributed by atoms with Crippen LogP contribution in [0.15, 0.2) is 0 Å². The molecule has 114 valence electrons. The Morgan fingerprint density at radius 3 is 2.55 bits per heavy atom. The number of methoxy groups -OCH3 is 1. The minimum atomic E-state index is -1.07. The summed E-state index contributed by atoms with van der Waals surface area (Å²) in [6.45, 7) is 0.675. The lowest BCUT2D eigenvalue weighted by Gasteiger charge is -2.20. The lowest BCUT2D eigenvalue weighted by atomic mass is 10.2. The molecule has 1 heterocycles. The number of nitrogens with zero attached hydrogens (tertiary/aromatic N) is 1. The monoisotopic (exact) mass is 288 g/mol. The van der Waals surface area contributed by atoms with E-state index in [0.717, 1.165) is 0 Å². The summed E-state index contributed by atoms with van der Waals surface area (Å²) in [5.74, 6) is -1.75. The van der Waals surface area contributed by atoms with E-state index in [2.05, 4.69) is 5.32 Å². The number of likely N-dealkylation sites (N-methyl/N-ethyl adjacent to an activating group) is 1. The van der Waals surface area contributed by atoms with Crippen molar-refractivity contribution in [2.45, 2.75) is 25.0 Å². The molecule has 1 rings (SSSR count). The summed E-state index contributed by atoms with van der Waals surface area (Å²) in [6.07, 6.45) is -1.06. The Labute approximate surface area is 117 Å². The summed E-state index contributed by atoms with van der Waals surface area (Å²) >= 11 is 0. The Kier molecular flexibility index (Phi) is 6.40. The number of amides is 2. The van der Waals surface area contributed by atoms with Gasteiger partial charge in [-0.2, -0.15) is 0 Å². The second-order valence-electron chi connectivity index (χ2n) is 4.57. The number of hydrogen-bond acceptors (Lipinski definition) is 5. The Balaban J connectivity index is 2.36. The molecular weight excluding hydrogens is 268 g/mol. The highest BCUT2D eigenvalue weighted by Crippen LogP contribution is 2.21. The van der Waals surface area contributed by atoms with Crippen molar-refractivity contribution in [3.8, 4) is 0 Å². The molecule has 0 bridgehead atoms. The molecule has 0 spiro atoms. The van der Waals surface area contributed by atoms with E-state index in [1.807, 2.05) is 0 Å². The van der Waals surface area contributed by atoms with Gasteiger partial charge >= 0.3 is 5.97 Å². The van der Waals surface area contributed by atoms with E-state index >= 15 is 0 Å². The van der Waals surface area contributed by atoms with Gasteiger partial charge in [0, 0.05) is 20.7 Å². The fraction of sp³-hybridized carbons (Fsp3) is 0.750. The number of ether oxygens (including phenoxy) is 2. The maximum Gasteiger partial charge on any atom is 0.332 e. The van der Waals surface area contributed by atoms with Crippen LogP contribution in [0, 0.1) is 0 Å². The maximum absolute atomic E-state index is 12.0. The van der Waals surface area contributed by atoms with E-state index in [1.165, 1.54) is 19.1 Å². The third kappa shape index (κ3) is 4.78. The summed E-state index contributed by atoms with van der Waals surface area (Å²) < 4.78 is 9.93. The quantitative estimate of drug-likeness (QED) is 0.572. The predicted octanol–water partition coefficient (Wildman–Crippen LogP) is -1.16. The van der Waals surface area contributed by atoms with Gasteiger partial charge in [-0.25, -0.2) is 4.79 Å². The molecule has 20 heavy (non-hydrogen) atoms. The Morgan fingerprint density at radius 1 is 1.35 bits per heavy atom. The summed E-state index contributed by atoms with van der Waals surface area (Å²) in [5.41, 5.74) is 0. The Bertz CT molecular complexity index is 373. The predicted molar refractivity (Wildman–Crippen MR) is 68.1 cm³/mol. The van der Waals surface area contributed by atoms with Gasteiger partial charge in [0.15, 0.2) is 6.10 Å². The van der Waals surface area contributed by atoms with Crippen molar-refractivity contribution in [2.75, 3.05) is 33.9 Å². The SMILES string of the molecule is COCCNC(=O)CN(C)C(=O)C1CCC(C(=O)O)O1. The van der Waals surface area contributed by atoms with Gasteiger partial charge in [-0.15, -0.1) is 0 Å². The molecule has 2 atom stereocenters. The third-order valence-corrected chi connectivity index (χ3v) is 2.96. The molecule has 0 aromatic carbocycles. The highest BCUT2D eigenvalue weighted by molar-refractivity contribution is 5.87. The smallest absolute Gasteiger partial charge is 0.332 e. The Morgan fingerprint density at radius 2 is 2.00 bits per heavy atom. The normalized spacial score (nSPS) is 21.5. The molecule has 1 fully saturated rings. The van der Waals surface area contributed by atoms with Crippen LogP contribution in [0.4, 0.5) is 0 Å². The van der Waals surface area contributed by atoms with Gasteiger partial charge in [0.25, 0.3) is 5.91 Å². The molecular formula is C12H20N2O6. The van der Waals surface area contributed by atoms with Crippen LogP contribution in [-0.4, -0.2) is 73.9 Å². The Hall–Kier alpha value is -1.67. The molecule has 0 aromatic heterocycles. The molecule has 2 amide bonds. The zero-order valence-corrected chi connectivity index (χ0v) is 11.6. The molecule has 0 aromatic rings. The fourth-order valence-corrected chi connectivity index (χ4v) is 1.89. The van der Waals surface area contributed by atoms with Crippen molar-refractivity contribution < 1.29 is 29.0 Å².